The zero-order valence-corrected chi connectivity index (χ0v) is 15.2. The highest BCUT2D eigenvalue weighted by molar-refractivity contribution is 7.10. The van der Waals surface area contributed by atoms with E-state index in [0.717, 1.165) is 47.4 Å². The van der Waals surface area contributed by atoms with Crippen LogP contribution < -0.4 is 4.74 Å². The lowest BCUT2D eigenvalue weighted by Gasteiger charge is -2.24. The van der Waals surface area contributed by atoms with Crippen LogP contribution in [-0.2, 0) is 4.79 Å². The van der Waals surface area contributed by atoms with Crippen LogP contribution >= 0.6 is 11.3 Å². The quantitative estimate of drug-likeness (QED) is 0.660. The number of aliphatic carboxylic acids is 1. The molecule has 2 atom stereocenters. The smallest absolute Gasteiger partial charge is 0.320 e. The van der Waals surface area contributed by atoms with Crippen molar-refractivity contribution < 1.29 is 19.1 Å². The molecule has 3 aromatic rings. The molecule has 0 radical (unpaired) electrons. The number of carboxylic acid groups (broad SMARTS) is 1. The highest BCUT2D eigenvalue weighted by atomic mass is 32.1. The Balaban J connectivity index is 1.52. The van der Waals surface area contributed by atoms with E-state index in [1.54, 1.807) is 17.6 Å². The molecule has 0 unspecified atom stereocenters. The molecule has 0 bridgehead atoms. The molecule has 1 aromatic carbocycles. The third-order valence-corrected chi connectivity index (χ3v) is 5.86. The lowest BCUT2D eigenvalue weighted by atomic mass is 10.1. The second kappa shape index (κ2) is 7.51. The van der Waals surface area contributed by atoms with Crippen molar-refractivity contribution in [2.24, 2.45) is 0 Å². The van der Waals surface area contributed by atoms with E-state index in [1.807, 2.05) is 35.7 Å². The van der Waals surface area contributed by atoms with Crippen molar-refractivity contribution in [3.05, 3.63) is 52.9 Å². The van der Waals surface area contributed by atoms with Gasteiger partial charge in [-0.15, -0.1) is 11.3 Å². The first kappa shape index (κ1) is 17.1. The van der Waals surface area contributed by atoms with Crippen molar-refractivity contribution >= 4 is 28.3 Å². The van der Waals surface area contributed by atoms with Crippen LogP contribution in [0.15, 0.2) is 52.5 Å². The van der Waals surface area contributed by atoms with Crippen LogP contribution in [0.4, 0.5) is 0 Å². The van der Waals surface area contributed by atoms with Gasteiger partial charge in [0.2, 0.25) is 0 Å². The maximum Gasteiger partial charge on any atom is 0.320 e. The van der Waals surface area contributed by atoms with Crippen molar-refractivity contribution in [3.63, 3.8) is 0 Å². The van der Waals surface area contributed by atoms with Gasteiger partial charge in [0.25, 0.3) is 0 Å². The summed E-state index contributed by atoms with van der Waals surface area (Å²) in [7, 11) is 0. The fourth-order valence-electron chi connectivity index (χ4n) is 3.60. The van der Waals surface area contributed by atoms with Crippen molar-refractivity contribution in [2.45, 2.75) is 31.4 Å². The summed E-state index contributed by atoms with van der Waals surface area (Å²) in [6.07, 6.45) is 3.94. The minimum atomic E-state index is -0.726. The predicted molar refractivity (Wildman–Crippen MR) is 101 cm³/mol. The zero-order chi connectivity index (χ0) is 17.9. The van der Waals surface area contributed by atoms with E-state index in [1.165, 1.54) is 0 Å². The van der Waals surface area contributed by atoms with Gasteiger partial charge in [-0.05, 0) is 43.0 Å². The van der Waals surface area contributed by atoms with Gasteiger partial charge in [-0.3, -0.25) is 9.69 Å². The molecule has 0 spiro atoms. The van der Waals surface area contributed by atoms with E-state index < -0.39 is 5.97 Å². The molecule has 6 heteroatoms. The number of fused-ring (bicyclic) bond motifs is 1. The fraction of sp³-hybridized carbons (Fsp3) is 0.350. The van der Waals surface area contributed by atoms with Crippen molar-refractivity contribution in [2.75, 3.05) is 13.1 Å². The Hall–Kier alpha value is -2.31. The number of benzene rings is 1. The maximum atomic E-state index is 11.4. The normalized spacial score (nSPS) is 19.0. The number of rotatable bonds is 7. The van der Waals surface area contributed by atoms with Gasteiger partial charge in [-0.25, -0.2) is 0 Å². The van der Waals surface area contributed by atoms with E-state index in [-0.39, 0.29) is 12.1 Å². The molecule has 1 fully saturated rings. The van der Waals surface area contributed by atoms with Crippen LogP contribution in [-0.4, -0.2) is 35.1 Å². The van der Waals surface area contributed by atoms with Crippen molar-refractivity contribution in [1.29, 1.82) is 0 Å². The first-order chi connectivity index (χ1) is 12.7. The molecule has 5 nitrogen and oxygen atoms in total. The second-order valence-corrected chi connectivity index (χ2v) is 7.52. The summed E-state index contributed by atoms with van der Waals surface area (Å²) in [4.78, 5) is 14.6. The summed E-state index contributed by atoms with van der Waals surface area (Å²) in [5, 5.41) is 12.4. The number of furan rings is 1. The number of likely N-dealkylation sites (tertiary alicyclic amines) is 1. The molecule has 1 aliphatic heterocycles. The Kier molecular flexibility index (Phi) is 4.95. The third kappa shape index (κ3) is 3.48. The van der Waals surface area contributed by atoms with Gasteiger partial charge in [-0.2, -0.15) is 0 Å². The number of hydrogen-bond acceptors (Lipinski definition) is 5. The van der Waals surface area contributed by atoms with Crippen LogP contribution in [0.3, 0.4) is 0 Å². The van der Waals surface area contributed by atoms with Crippen LogP contribution in [0.2, 0.25) is 0 Å². The van der Waals surface area contributed by atoms with E-state index >= 15 is 0 Å². The lowest BCUT2D eigenvalue weighted by molar-refractivity contribution is -0.142. The number of thiophene rings is 1. The van der Waals surface area contributed by atoms with Crippen LogP contribution in [0.5, 0.6) is 5.75 Å². The predicted octanol–water partition coefficient (Wildman–Crippen LogP) is 4.55. The summed E-state index contributed by atoms with van der Waals surface area (Å²) in [6, 6.07) is 11.5. The molecule has 2 aromatic heterocycles. The molecule has 136 valence electrons. The van der Waals surface area contributed by atoms with Gasteiger partial charge in [0.15, 0.2) is 11.3 Å². The summed E-state index contributed by atoms with van der Waals surface area (Å²) >= 11 is 1.66. The van der Waals surface area contributed by atoms with Gasteiger partial charge in [0.05, 0.1) is 6.26 Å². The van der Waals surface area contributed by atoms with E-state index in [9.17, 15) is 9.90 Å². The minimum absolute atomic E-state index is 0.124. The Morgan fingerprint density at radius 1 is 1.35 bits per heavy atom. The molecule has 1 aliphatic rings. The molecule has 1 saturated heterocycles. The molecule has 0 aliphatic carbocycles. The van der Waals surface area contributed by atoms with Gasteiger partial charge in [0, 0.05) is 23.2 Å². The molecule has 26 heavy (non-hydrogen) atoms. The number of carboxylic acids is 1. The summed E-state index contributed by atoms with van der Waals surface area (Å²) in [6.45, 7) is 1.54. The summed E-state index contributed by atoms with van der Waals surface area (Å²) in [5.41, 5.74) is 0.749. The van der Waals surface area contributed by atoms with Crippen molar-refractivity contribution in [1.82, 2.24) is 4.90 Å². The maximum absolute atomic E-state index is 11.4. The Bertz CT molecular complexity index is 873. The number of para-hydroxylation sites is 1. The van der Waals surface area contributed by atoms with E-state index in [0.29, 0.717) is 6.54 Å². The zero-order valence-electron chi connectivity index (χ0n) is 14.3. The first-order valence-electron chi connectivity index (χ1n) is 8.85. The second-order valence-electron chi connectivity index (χ2n) is 6.54. The highest BCUT2D eigenvalue weighted by Crippen LogP contribution is 2.34. The van der Waals surface area contributed by atoms with Gasteiger partial charge >= 0.3 is 5.97 Å². The van der Waals surface area contributed by atoms with Crippen molar-refractivity contribution in [3.8, 4) is 5.75 Å². The van der Waals surface area contributed by atoms with Gasteiger partial charge in [-0.1, -0.05) is 18.2 Å². The molecular formula is C20H21NO4S. The van der Waals surface area contributed by atoms with Crippen LogP contribution in [0.25, 0.3) is 11.0 Å². The molecule has 3 heterocycles. The SMILES string of the molecule is O=C(O)[C@H]1CCCN1CC[C@H](Oc1cccc2ccoc12)c1cccs1. The van der Waals surface area contributed by atoms with Crippen LogP contribution in [0.1, 0.15) is 30.2 Å². The molecular weight excluding hydrogens is 350 g/mol. The third-order valence-electron chi connectivity index (χ3n) is 4.90. The lowest BCUT2D eigenvalue weighted by Crippen LogP contribution is -2.37. The molecule has 0 amide bonds. The summed E-state index contributed by atoms with van der Waals surface area (Å²) in [5.74, 6) is -0.00134. The average Bonchev–Trinajstić information content (AvgIpc) is 3.39. The first-order valence-corrected chi connectivity index (χ1v) is 9.73. The Morgan fingerprint density at radius 2 is 2.27 bits per heavy atom. The standard InChI is InChI=1S/C20H21NO4S/c22-20(23)15-5-2-10-21(15)11-8-16(18-7-3-13-26-18)25-17-6-1-4-14-9-12-24-19(14)17/h1,3-4,6-7,9,12-13,15-16H,2,5,8,10-11H2,(H,22,23)/t15-,16+/m1/s1. The van der Waals surface area contributed by atoms with Gasteiger partial charge < -0.3 is 14.3 Å². The van der Waals surface area contributed by atoms with Crippen LogP contribution in [0, 0.1) is 0 Å². The Labute approximate surface area is 155 Å². The Morgan fingerprint density at radius 3 is 3.08 bits per heavy atom. The molecule has 1 N–H and O–H groups in total. The highest BCUT2D eigenvalue weighted by Gasteiger charge is 2.31. The average molecular weight is 371 g/mol. The molecule has 4 rings (SSSR count). The number of hydrogen-bond donors (Lipinski definition) is 1. The number of nitrogens with zero attached hydrogens (tertiary/aromatic N) is 1. The summed E-state index contributed by atoms with van der Waals surface area (Å²) < 4.78 is 11.9. The fourth-order valence-corrected chi connectivity index (χ4v) is 4.39. The molecule has 0 saturated carbocycles. The number of carbonyl (C=O) groups is 1. The minimum Gasteiger partial charge on any atom is -0.481 e. The monoisotopic (exact) mass is 371 g/mol. The van der Waals surface area contributed by atoms with E-state index in [4.69, 9.17) is 9.15 Å². The number of ether oxygens (including phenoxy) is 1. The van der Waals surface area contributed by atoms with Gasteiger partial charge in [0.1, 0.15) is 12.1 Å². The van der Waals surface area contributed by atoms with E-state index in [2.05, 4.69) is 11.0 Å². The topological polar surface area (TPSA) is 62.9 Å². The largest absolute Gasteiger partial charge is 0.481 e.